The minimum atomic E-state index is -4.40. The minimum absolute atomic E-state index is 0.157. The molecule has 1 heterocycles. The van der Waals surface area contributed by atoms with Crippen LogP contribution in [0, 0.1) is 0 Å². The lowest BCUT2D eigenvalue weighted by Crippen LogP contribution is -2.49. The number of hydrogen-bond donors (Lipinski definition) is 0. The van der Waals surface area contributed by atoms with E-state index in [-0.39, 0.29) is 11.6 Å². The quantitative estimate of drug-likeness (QED) is 0.833. The zero-order valence-corrected chi connectivity index (χ0v) is 14.3. The van der Waals surface area contributed by atoms with Crippen molar-refractivity contribution in [3.8, 4) is 5.75 Å². The summed E-state index contributed by atoms with van der Waals surface area (Å²) in [7, 11) is 1.50. The number of rotatable bonds is 3. The molecule has 1 fully saturated rings. The number of ether oxygens (including phenoxy) is 1. The molecule has 1 amide bonds. The van der Waals surface area contributed by atoms with Crippen molar-refractivity contribution >= 4 is 11.6 Å². The predicted octanol–water partition coefficient (Wildman–Crippen LogP) is 3.68. The largest absolute Gasteiger partial charge is 0.496 e. The van der Waals surface area contributed by atoms with Crippen LogP contribution in [0.5, 0.6) is 5.75 Å². The van der Waals surface area contributed by atoms with Crippen LogP contribution in [0.3, 0.4) is 0 Å². The molecule has 2 aromatic rings. The normalized spacial score (nSPS) is 15.1. The fourth-order valence-electron chi connectivity index (χ4n) is 3.13. The number of alkyl halides is 3. The first-order valence-corrected chi connectivity index (χ1v) is 8.25. The SMILES string of the molecule is COc1ccccc1C(=O)N1CCN(c2ccccc2C(F)(F)F)CC1. The highest BCUT2D eigenvalue weighted by Crippen LogP contribution is 2.36. The molecule has 4 nitrogen and oxygen atoms in total. The summed E-state index contributed by atoms with van der Waals surface area (Å²) >= 11 is 0. The maximum absolute atomic E-state index is 13.2. The monoisotopic (exact) mass is 364 g/mol. The zero-order chi connectivity index (χ0) is 18.7. The molecule has 0 unspecified atom stereocenters. The van der Waals surface area contributed by atoms with Crippen LogP contribution >= 0.6 is 0 Å². The molecule has 0 spiro atoms. The Bertz CT molecular complexity index is 784. The molecular formula is C19H19F3N2O2. The molecule has 138 valence electrons. The van der Waals surface area contributed by atoms with Crippen LogP contribution < -0.4 is 9.64 Å². The third-order valence-corrected chi connectivity index (χ3v) is 4.45. The Morgan fingerprint density at radius 2 is 1.58 bits per heavy atom. The number of benzene rings is 2. The maximum Gasteiger partial charge on any atom is 0.418 e. The van der Waals surface area contributed by atoms with Gasteiger partial charge in [-0.05, 0) is 24.3 Å². The summed E-state index contributed by atoms with van der Waals surface area (Å²) in [6.07, 6.45) is -4.40. The van der Waals surface area contributed by atoms with Crippen molar-refractivity contribution in [1.82, 2.24) is 4.90 Å². The molecule has 0 aliphatic carbocycles. The third-order valence-electron chi connectivity index (χ3n) is 4.45. The summed E-state index contributed by atoms with van der Waals surface area (Å²) in [6, 6.07) is 12.5. The van der Waals surface area contributed by atoms with E-state index in [1.807, 2.05) is 0 Å². The van der Waals surface area contributed by atoms with E-state index in [0.717, 1.165) is 6.07 Å². The van der Waals surface area contributed by atoms with Crippen molar-refractivity contribution in [1.29, 1.82) is 0 Å². The van der Waals surface area contributed by atoms with Crippen molar-refractivity contribution in [3.05, 3.63) is 59.7 Å². The van der Waals surface area contributed by atoms with Crippen molar-refractivity contribution in [2.24, 2.45) is 0 Å². The average Bonchev–Trinajstić information content (AvgIpc) is 2.67. The van der Waals surface area contributed by atoms with Crippen molar-refractivity contribution < 1.29 is 22.7 Å². The second-order valence-corrected chi connectivity index (χ2v) is 5.99. The van der Waals surface area contributed by atoms with E-state index in [4.69, 9.17) is 4.74 Å². The highest BCUT2D eigenvalue weighted by Gasteiger charge is 2.35. The summed E-state index contributed by atoms with van der Waals surface area (Å²) < 4.78 is 44.8. The Morgan fingerprint density at radius 3 is 2.23 bits per heavy atom. The number of hydrogen-bond acceptors (Lipinski definition) is 3. The number of methoxy groups -OCH3 is 1. The van der Waals surface area contributed by atoms with Gasteiger partial charge in [0.1, 0.15) is 5.75 Å². The Balaban J connectivity index is 1.73. The molecule has 0 atom stereocenters. The first-order chi connectivity index (χ1) is 12.4. The van der Waals surface area contributed by atoms with E-state index >= 15 is 0 Å². The van der Waals surface area contributed by atoms with Gasteiger partial charge in [0.15, 0.2) is 0 Å². The molecule has 1 aliphatic rings. The molecular weight excluding hydrogens is 345 g/mol. The first-order valence-electron chi connectivity index (χ1n) is 8.25. The number of anilines is 1. The summed E-state index contributed by atoms with van der Waals surface area (Å²) in [5, 5.41) is 0. The summed E-state index contributed by atoms with van der Waals surface area (Å²) in [5.74, 6) is 0.313. The Labute approximate surface area is 149 Å². The van der Waals surface area contributed by atoms with Gasteiger partial charge in [-0.1, -0.05) is 24.3 Å². The fraction of sp³-hybridized carbons (Fsp3) is 0.316. The van der Waals surface area contributed by atoms with E-state index in [1.165, 1.54) is 19.2 Å². The number of carbonyl (C=O) groups excluding carboxylic acids is 1. The molecule has 0 N–H and O–H groups in total. The van der Waals surface area contributed by atoms with E-state index < -0.39 is 11.7 Å². The van der Waals surface area contributed by atoms with Gasteiger partial charge in [-0.3, -0.25) is 4.79 Å². The lowest BCUT2D eigenvalue weighted by molar-refractivity contribution is -0.137. The zero-order valence-electron chi connectivity index (χ0n) is 14.3. The molecule has 0 saturated carbocycles. The van der Waals surface area contributed by atoms with Gasteiger partial charge in [0.25, 0.3) is 5.91 Å². The maximum atomic E-state index is 13.2. The van der Waals surface area contributed by atoms with Crippen molar-refractivity contribution in [2.75, 3.05) is 38.2 Å². The molecule has 0 aromatic heterocycles. The van der Waals surface area contributed by atoms with Crippen LogP contribution in [-0.2, 0) is 6.18 Å². The number of piperazine rings is 1. The number of amides is 1. The van der Waals surface area contributed by atoms with Gasteiger partial charge in [-0.15, -0.1) is 0 Å². The highest BCUT2D eigenvalue weighted by molar-refractivity contribution is 5.97. The van der Waals surface area contributed by atoms with E-state index in [1.54, 1.807) is 40.1 Å². The van der Waals surface area contributed by atoms with E-state index in [9.17, 15) is 18.0 Å². The number of para-hydroxylation sites is 2. The van der Waals surface area contributed by atoms with E-state index in [0.29, 0.717) is 37.5 Å². The standard InChI is InChI=1S/C19H19F3N2O2/c1-26-17-9-5-2-6-14(17)18(25)24-12-10-23(11-13-24)16-8-4-3-7-15(16)19(20,21)22/h2-9H,10-13H2,1H3. The third kappa shape index (κ3) is 3.61. The second kappa shape index (κ2) is 7.27. The van der Waals surface area contributed by atoms with Crippen LogP contribution in [0.25, 0.3) is 0 Å². The van der Waals surface area contributed by atoms with Crippen molar-refractivity contribution in [2.45, 2.75) is 6.18 Å². The van der Waals surface area contributed by atoms with Gasteiger partial charge < -0.3 is 14.5 Å². The van der Waals surface area contributed by atoms with Crippen LogP contribution in [0.2, 0.25) is 0 Å². The molecule has 0 bridgehead atoms. The number of nitrogens with zero attached hydrogens (tertiary/aromatic N) is 2. The van der Waals surface area contributed by atoms with Crippen LogP contribution in [0.15, 0.2) is 48.5 Å². The topological polar surface area (TPSA) is 32.8 Å². The van der Waals surface area contributed by atoms with Gasteiger partial charge in [0.2, 0.25) is 0 Å². The van der Waals surface area contributed by atoms with Gasteiger partial charge in [-0.2, -0.15) is 13.2 Å². The smallest absolute Gasteiger partial charge is 0.418 e. The molecule has 26 heavy (non-hydrogen) atoms. The number of carbonyl (C=O) groups is 1. The summed E-state index contributed by atoms with van der Waals surface area (Å²) in [4.78, 5) is 16.0. The lowest BCUT2D eigenvalue weighted by Gasteiger charge is -2.37. The lowest BCUT2D eigenvalue weighted by atomic mass is 10.1. The van der Waals surface area contributed by atoms with Crippen LogP contribution in [-0.4, -0.2) is 44.1 Å². The van der Waals surface area contributed by atoms with Gasteiger partial charge in [-0.25, -0.2) is 0 Å². The minimum Gasteiger partial charge on any atom is -0.496 e. The molecule has 1 saturated heterocycles. The Hall–Kier alpha value is -2.70. The first kappa shape index (κ1) is 18.1. The fourth-order valence-corrected chi connectivity index (χ4v) is 3.13. The molecule has 1 aliphatic heterocycles. The van der Waals surface area contributed by atoms with Gasteiger partial charge in [0.05, 0.1) is 18.2 Å². The summed E-state index contributed by atoms with van der Waals surface area (Å²) in [5.41, 5.74) is -0.0342. The highest BCUT2D eigenvalue weighted by atomic mass is 19.4. The molecule has 7 heteroatoms. The average molecular weight is 364 g/mol. The molecule has 3 rings (SSSR count). The predicted molar refractivity (Wildman–Crippen MR) is 92.6 cm³/mol. The number of halogens is 3. The Morgan fingerprint density at radius 1 is 0.962 bits per heavy atom. The Kier molecular flexibility index (Phi) is 5.06. The molecule has 0 radical (unpaired) electrons. The summed E-state index contributed by atoms with van der Waals surface area (Å²) in [6.45, 7) is 1.38. The van der Waals surface area contributed by atoms with E-state index in [2.05, 4.69) is 0 Å². The van der Waals surface area contributed by atoms with Crippen LogP contribution in [0.4, 0.5) is 18.9 Å². The van der Waals surface area contributed by atoms with Gasteiger partial charge >= 0.3 is 6.18 Å². The second-order valence-electron chi connectivity index (χ2n) is 5.99. The van der Waals surface area contributed by atoms with Gasteiger partial charge in [0, 0.05) is 31.9 Å². The van der Waals surface area contributed by atoms with Crippen LogP contribution in [0.1, 0.15) is 15.9 Å². The molecule has 2 aromatic carbocycles. The van der Waals surface area contributed by atoms with Crippen molar-refractivity contribution in [3.63, 3.8) is 0 Å².